The molecule has 0 N–H and O–H groups in total. The molecule has 2 heterocycles. The number of hydrogen-bond donors (Lipinski definition) is 0. The maximum Gasteiger partial charge on any atom is 0.416 e. The Kier molecular flexibility index (Phi) is 6.59. The quantitative estimate of drug-likeness (QED) is 0.694. The minimum Gasteiger partial charge on any atom is -0.466 e. The van der Waals surface area contributed by atoms with Crippen LogP contribution in [0.2, 0.25) is 0 Å². The average Bonchev–Trinajstić information content (AvgIpc) is 2.67. The van der Waals surface area contributed by atoms with Crippen molar-refractivity contribution in [2.24, 2.45) is 0 Å². The third kappa shape index (κ3) is 5.49. The monoisotopic (exact) mass is 411 g/mol. The Bertz CT molecular complexity index is 893. The minimum atomic E-state index is -0.610. The molecule has 1 amide bonds. The van der Waals surface area contributed by atoms with Gasteiger partial charge in [0.25, 0.3) is 0 Å². The molecule has 30 heavy (non-hydrogen) atoms. The van der Waals surface area contributed by atoms with Gasteiger partial charge in [-0.1, -0.05) is 30.3 Å². The molecule has 1 aliphatic heterocycles. The van der Waals surface area contributed by atoms with Crippen molar-refractivity contribution in [3.8, 4) is 0 Å². The Balaban J connectivity index is 1.91. The lowest BCUT2D eigenvalue weighted by Gasteiger charge is -2.37. The second kappa shape index (κ2) is 9.15. The molecule has 0 unspecified atom stereocenters. The van der Waals surface area contributed by atoms with Gasteiger partial charge in [0.05, 0.1) is 24.4 Å². The molecule has 0 saturated carbocycles. The molecule has 160 valence electrons. The molecule has 0 fully saturated rings. The van der Waals surface area contributed by atoms with E-state index in [0.29, 0.717) is 37.8 Å². The molecule has 3 rings (SSSR count). The Morgan fingerprint density at radius 2 is 1.80 bits per heavy atom. The van der Waals surface area contributed by atoms with Gasteiger partial charge in [-0.05, 0) is 45.4 Å². The van der Waals surface area contributed by atoms with Crippen LogP contribution in [0.5, 0.6) is 0 Å². The first kappa shape index (κ1) is 21.6. The van der Waals surface area contributed by atoms with Crippen molar-refractivity contribution in [1.82, 2.24) is 4.98 Å². The molecule has 7 heteroatoms. The summed E-state index contributed by atoms with van der Waals surface area (Å²) < 4.78 is 10.6. The van der Waals surface area contributed by atoms with E-state index in [1.165, 1.54) is 5.56 Å². The summed E-state index contributed by atoms with van der Waals surface area (Å²) in [6.45, 7) is 9.40. The largest absolute Gasteiger partial charge is 0.466 e. The molecular formula is C23H29N3O4. The van der Waals surface area contributed by atoms with Crippen LogP contribution in [-0.4, -0.2) is 42.3 Å². The molecule has 1 aliphatic rings. The molecule has 1 aromatic heterocycles. The van der Waals surface area contributed by atoms with Gasteiger partial charge >= 0.3 is 12.1 Å². The standard InChI is InChI=1S/C23H29N3O4/c1-5-29-20(27)15-18-11-12-19-21(24-18)26(22(28)30-23(2,3)4)14-13-25(19)16-17-9-7-6-8-10-17/h6-12H,5,13-16H2,1-4H3. The smallest absolute Gasteiger partial charge is 0.416 e. The van der Waals surface area contributed by atoms with Crippen LogP contribution in [0.25, 0.3) is 0 Å². The van der Waals surface area contributed by atoms with Gasteiger partial charge in [0.15, 0.2) is 5.82 Å². The number of carbonyl (C=O) groups is 2. The minimum absolute atomic E-state index is 0.0575. The van der Waals surface area contributed by atoms with Crippen molar-refractivity contribution in [1.29, 1.82) is 0 Å². The number of aromatic nitrogens is 1. The molecular weight excluding hydrogens is 382 g/mol. The highest BCUT2D eigenvalue weighted by Gasteiger charge is 2.32. The van der Waals surface area contributed by atoms with Gasteiger partial charge in [0, 0.05) is 19.6 Å². The lowest BCUT2D eigenvalue weighted by molar-refractivity contribution is -0.142. The van der Waals surface area contributed by atoms with E-state index in [2.05, 4.69) is 22.0 Å². The SMILES string of the molecule is CCOC(=O)Cc1ccc2c(n1)N(C(=O)OC(C)(C)C)CCN2Cc1ccccc1. The average molecular weight is 412 g/mol. The van der Waals surface area contributed by atoms with Gasteiger partial charge in [-0.15, -0.1) is 0 Å². The maximum absolute atomic E-state index is 12.8. The lowest BCUT2D eigenvalue weighted by Crippen LogP contribution is -2.46. The van der Waals surface area contributed by atoms with E-state index >= 15 is 0 Å². The van der Waals surface area contributed by atoms with Crippen molar-refractivity contribution in [3.05, 3.63) is 53.7 Å². The van der Waals surface area contributed by atoms with Crippen LogP contribution in [0.3, 0.4) is 0 Å². The van der Waals surface area contributed by atoms with Crippen molar-refractivity contribution < 1.29 is 19.1 Å². The Morgan fingerprint density at radius 3 is 2.47 bits per heavy atom. The van der Waals surface area contributed by atoms with Crippen molar-refractivity contribution in [2.75, 3.05) is 29.5 Å². The Hall–Kier alpha value is -3.09. The number of esters is 1. The second-order valence-corrected chi connectivity index (χ2v) is 8.17. The highest BCUT2D eigenvalue weighted by atomic mass is 16.6. The van der Waals surface area contributed by atoms with Crippen LogP contribution < -0.4 is 9.80 Å². The zero-order chi connectivity index (χ0) is 21.7. The fourth-order valence-electron chi connectivity index (χ4n) is 3.29. The summed E-state index contributed by atoms with van der Waals surface area (Å²) in [5.74, 6) is 0.166. The highest BCUT2D eigenvalue weighted by molar-refractivity contribution is 5.92. The summed E-state index contributed by atoms with van der Waals surface area (Å²) in [6, 6.07) is 13.9. The number of amides is 1. The second-order valence-electron chi connectivity index (χ2n) is 8.17. The van der Waals surface area contributed by atoms with E-state index in [-0.39, 0.29) is 12.4 Å². The summed E-state index contributed by atoms with van der Waals surface area (Å²) in [7, 11) is 0. The topological polar surface area (TPSA) is 72.0 Å². The number of nitrogens with zero attached hydrogens (tertiary/aromatic N) is 3. The molecule has 0 bridgehead atoms. The van der Waals surface area contributed by atoms with Gasteiger partial charge in [-0.25, -0.2) is 9.78 Å². The summed E-state index contributed by atoms with van der Waals surface area (Å²) in [6.07, 6.45) is -0.383. The van der Waals surface area contributed by atoms with Gasteiger partial charge in [-0.2, -0.15) is 0 Å². The highest BCUT2D eigenvalue weighted by Crippen LogP contribution is 2.33. The van der Waals surface area contributed by atoms with E-state index in [0.717, 1.165) is 5.69 Å². The van der Waals surface area contributed by atoms with E-state index in [1.54, 1.807) is 11.8 Å². The normalized spacial score (nSPS) is 13.6. The Labute approximate surface area is 177 Å². The first-order chi connectivity index (χ1) is 14.3. The first-order valence-electron chi connectivity index (χ1n) is 10.2. The third-order valence-corrected chi connectivity index (χ3v) is 4.56. The predicted octanol–water partition coefficient (Wildman–Crippen LogP) is 3.95. The Morgan fingerprint density at radius 1 is 1.07 bits per heavy atom. The molecule has 2 aromatic rings. The first-order valence-corrected chi connectivity index (χ1v) is 10.2. The van der Waals surface area contributed by atoms with Gasteiger partial charge < -0.3 is 14.4 Å². The molecule has 1 aromatic carbocycles. The summed E-state index contributed by atoms with van der Waals surface area (Å²) in [5.41, 5.74) is 1.96. The van der Waals surface area contributed by atoms with E-state index < -0.39 is 11.7 Å². The van der Waals surface area contributed by atoms with Crippen molar-refractivity contribution in [2.45, 2.75) is 46.3 Å². The number of rotatable bonds is 5. The fraction of sp³-hybridized carbons (Fsp3) is 0.435. The van der Waals surface area contributed by atoms with Crippen LogP contribution in [-0.2, 0) is 27.2 Å². The molecule has 0 radical (unpaired) electrons. The molecule has 0 spiro atoms. The summed E-state index contributed by atoms with van der Waals surface area (Å²) in [5, 5.41) is 0. The van der Waals surface area contributed by atoms with Crippen LogP contribution >= 0.6 is 0 Å². The van der Waals surface area contributed by atoms with Gasteiger partial charge in [0.1, 0.15) is 5.60 Å². The molecule has 0 atom stereocenters. The molecule has 0 saturated heterocycles. The number of hydrogen-bond acceptors (Lipinski definition) is 6. The van der Waals surface area contributed by atoms with Crippen molar-refractivity contribution >= 4 is 23.6 Å². The van der Waals surface area contributed by atoms with Crippen molar-refractivity contribution in [3.63, 3.8) is 0 Å². The molecule has 0 aliphatic carbocycles. The van der Waals surface area contributed by atoms with Crippen LogP contribution in [0.15, 0.2) is 42.5 Å². The molecule has 7 nitrogen and oxygen atoms in total. The number of anilines is 2. The lowest BCUT2D eigenvalue weighted by atomic mass is 10.1. The number of benzene rings is 1. The predicted molar refractivity (Wildman–Crippen MR) is 116 cm³/mol. The van der Waals surface area contributed by atoms with E-state index in [4.69, 9.17) is 9.47 Å². The number of fused-ring (bicyclic) bond motifs is 1. The summed E-state index contributed by atoms with van der Waals surface area (Å²) >= 11 is 0. The maximum atomic E-state index is 12.8. The number of carbonyl (C=O) groups excluding carboxylic acids is 2. The van der Waals surface area contributed by atoms with Gasteiger partial charge in [-0.3, -0.25) is 9.69 Å². The zero-order valence-corrected chi connectivity index (χ0v) is 18.1. The van der Waals surface area contributed by atoms with E-state index in [9.17, 15) is 9.59 Å². The van der Waals surface area contributed by atoms with Crippen LogP contribution in [0.1, 0.15) is 39.0 Å². The number of ether oxygens (including phenoxy) is 2. The van der Waals surface area contributed by atoms with Gasteiger partial charge in [0.2, 0.25) is 0 Å². The number of pyridine rings is 1. The zero-order valence-electron chi connectivity index (χ0n) is 18.1. The van der Waals surface area contributed by atoms with Crippen LogP contribution in [0.4, 0.5) is 16.3 Å². The fourth-order valence-corrected chi connectivity index (χ4v) is 3.29. The summed E-state index contributed by atoms with van der Waals surface area (Å²) in [4.78, 5) is 33.1. The third-order valence-electron chi connectivity index (χ3n) is 4.56. The van der Waals surface area contributed by atoms with E-state index in [1.807, 2.05) is 51.1 Å². The van der Waals surface area contributed by atoms with Crippen LogP contribution in [0, 0.1) is 0 Å².